The molecule has 6 heteroatoms. The third-order valence-electron chi connectivity index (χ3n) is 2.72. The van der Waals surface area contributed by atoms with Crippen molar-refractivity contribution in [2.24, 2.45) is 0 Å². The van der Waals surface area contributed by atoms with Crippen LogP contribution in [0.3, 0.4) is 0 Å². The first-order chi connectivity index (χ1) is 8.08. The molecule has 92 valence electrons. The molecule has 1 heterocycles. The van der Waals surface area contributed by atoms with Gasteiger partial charge < -0.3 is 9.64 Å². The van der Waals surface area contributed by atoms with Crippen LogP contribution in [-0.2, 0) is 4.74 Å². The van der Waals surface area contributed by atoms with Gasteiger partial charge in [0.1, 0.15) is 11.5 Å². The Bertz CT molecular complexity index is 439. The van der Waals surface area contributed by atoms with Crippen molar-refractivity contribution < 1.29 is 14.1 Å². The number of hydrogen-bond donors (Lipinski definition) is 0. The average molecular weight is 240 g/mol. The van der Waals surface area contributed by atoms with E-state index in [0.717, 1.165) is 6.07 Å². The van der Waals surface area contributed by atoms with E-state index < -0.39 is 10.7 Å². The maximum atomic E-state index is 13.2. The highest BCUT2D eigenvalue weighted by molar-refractivity contribution is 5.63. The van der Waals surface area contributed by atoms with Crippen molar-refractivity contribution in [2.75, 3.05) is 24.6 Å². The minimum atomic E-state index is -0.491. The average Bonchev–Trinajstić information content (AvgIpc) is 2.28. The van der Waals surface area contributed by atoms with E-state index in [4.69, 9.17) is 4.74 Å². The summed E-state index contributed by atoms with van der Waals surface area (Å²) in [6, 6.07) is 3.51. The minimum absolute atomic E-state index is 0.00776. The van der Waals surface area contributed by atoms with Crippen LogP contribution in [0.4, 0.5) is 15.8 Å². The van der Waals surface area contributed by atoms with Crippen LogP contribution in [0.15, 0.2) is 18.2 Å². The van der Waals surface area contributed by atoms with E-state index in [1.807, 2.05) is 6.92 Å². The lowest BCUT2D eigenvalue weighted by molar-refractivity contribution is -0.384. The molecule has 0 spiro atoms. The highest BCUT2D eigenvalue weighted by Crippen LogP contribution is 2.30. The summed E-state index contributed by atoms with van der Waals surface area (Å²) in [4.78, 5) is 12.2. The first kappa shape index (κ1) is 11.8. The Morgan fingerprint density at radius 1 is 1.59 bits per heavy atom. The van der Waals surface area contributed by atoms with Crippen LogP contribution in [0.1, 0.15) is 6.92 Å². The minimum Gasteiger partial charge on any atom is -0.375 e. The molecule has 0 aromatic heterocycles. The number of halogens is 1. The highest BCUT2D eigenvalue weighted by Gasteiger charge is 2.24. The number of benzene rings is 1. The standard InChI is InChI=1S/C11H13FN2O3/c1-8-7-13(4-5-17-8)11-6-9(12)2-3-10(11)14(15)16/h2-3,6,8H,4-5,7H2,1H3. The molecule has 2 rings (SSSR count). The Balaban J connectivity index is 2.35. The Hall–Kier alpha value is -1.69. The van der Waals surface area contributed by atoms with Crippen LogP contribution in [0.25, 0.3) is 0 Å². The fraction of sp³-hybridized carbons (Fsp3) is 0.455. The van der Waals surface area contributed by atoms with Crippen molar-refractivity contribution in [1.82, 2.24) is 0 Å². The molecule has 5 nitrogen and oxygen atoms in total. The van der Waals surface area contributed by atoms with E-state index >= 15 is 0 Å². The second-order valence-corrected chi connectivity index (χ2v) is 4.02. The SMILES string of the molecule is CC1CN(c2cc(F)ccc2[N+](=O)[O-])CCO1. The van der Waals surface area contributed by atoms with Crippen molar-refractivity contribution >= 4 is 11.4 Å². The van der Waals surface area contributed by atoms with Crippen LogP contribution in [0.2, 0.25) is 0 Å². The van der Waals surface area contributed by atoms with Crippen LogP contribution in [-0.4, -0.2) is 30.7 Å². The third-order valence-corrected chi connectivity index (χ3v) is 2.72. The van der Waals surface area contributed by atoms with Gasteiger partial charge in [0.15, 0.2) is 0 Å². The van der Waals surface area contributed by atoms with Gasteiger partial charge in [-0.3, -0.25) is 10.1 Å². The lowest BCUT2D eigenvalue weighted by atomic mass is 10.2. The molecular weight excluding hydrogens is 227 g/mol. The number of nitro groups is 1. The topological polar surface area (TPSA) is 55.6 Å². The molecule has 17 heavy (non-hydrogen) atoms. The van der Waals surface area contributed by atoms with E-state index in [2.05, 4.69) is 0 Å². The Labute approximate surface area is 97.9 Å². The smallest absolute Gasteiger partial charge is 0.292 e. The molecule has 1 aliphatic heterocycles. The van der Waals surface area contributed by atoms with Crippen LogP contribution in [0, 0.1) is 15.9 Å². The molecule has 1 aliphatic rings. The Morgan fingerprint density at radius 2 is 2.35 bits per heavy atom. The lowest BCUT2D eigenvalue weighted by Gasteiger charge is -2.32. The van der Waals surface area contributed by atoms with Crippen molar-refractivity contribution in [3.8, 4) is 0 Å². The molecule has 0 aliphatic carbocycles. The van der Waals surface area contributed by atoms with Crippen LogP contribution in [0.5, 0.6) is 0 Å². The summed E-state index contributed by atoms with van der Waals surface area (Å²) in [5, 5.41) is 10.9. The van der Waals surface area contributed by atoms with E-state index in [1.54, 1.807) is 4.90 Å². The number of nitrogens with zero attached hydrogens (tertiary/aromatic N) is 2. The summed E-state index contributed by atoms with van der Waals surface area (Å²) in [7, 11) is 0. The molecule has 0 saturated carbocycles. The maximum Gasteiger partial charge on any atom is 0.292 e. The van der Waals surface area contributed by atoms with Gasteiger partial charge in [-0.2, -0.15) is 0 Å². The molecule has 1 atom stereocenters. The largest absolute Gasteiger partial charge is 0.375 e. The summed E-state index contributed by atoms with van der Waals surface area (Å²) in [5.41, 5.74) is 0.255. The van der Waals surface area contributed by atoms with Crippen LogP contribution >= 0.6 is 0 Å². The highest BCUT2D eigenvalue weighted by atomic mass is 19.1. The van der Waals surface area contributed by atoms with Crippen molar-refractivity contribution in [1.29, 1.82) is 0 Å². The number of ether oxygens (including phenoxy) is 1. The summed E-state index contributed by atoms with van der Waals surface area (Å²) in [6.45, 7) is 3.45. The number of anilines is 1. The van der Waals surface area contributed by atoms with Gasteiger partial charge in [0, 0.05) is 25.2 Å². The molecule has 0 radical (unpaired) electrons. The zero-order valence-corrected chi connectivity index (χ0v) is 9.43. The predicted molar refractivity (Wildman–Crippen MR) is 60.7 cm³/mol. The monoisotopic (exact) mass is 240 g/mol. The molecule has 1 saturated heterocycles. The van der Waals surface area contributed by atoms with Gasteiger partial charge in [-0.1, -0.05) is 0 Å². The lowest BCUT2D eigenvalue weighted by Crippen LogP contribution is -2.41. The molecule has 1 aromatic rings. The molecule has 1 fully saturated rings. The van der Waals surface area contributed by atoms with Crippen molar-refractivity contribution in [3.05, 3.63) is 34.1 Å². The molecule has 1 unspecified atom stereocenters. The maximum absolute atomic E-state index is 13.2. The van der Waals surface area contributed by atoms with Gasteiger partial charge in [-0.15, -0.1) is 0 Å². The molecule has 0 N–H and O–H groups in total. The number of morpholine rings is 1. The summed E-state index contributed by atoms with van der Waals surface area (Å²) < 4.78 is 18.5. The summed E-state index contributed by atoms with van der Waals surface area (Å²) >= 11 is 0. The van der Waals surface area contributed by atoms with Gasteiger partial charge in [0.25, 0.3) is 5.69 Å². The van der Waals surface area contributed by atoms with Crippen molar-refractivity contribution in [2.45, 2.75) is 13.0 Å². The Kier molecular flexibility index (Phi) is 3.23. The quantitative estimate of drug-likeness (QED) is 0.585. The second-order valence-electron chi connectivity index (χ2n) is 4.02. The Morgan fingerprint density at radius 3 is 3.00 bits per heavy atom. The van der Waals surface area contributed by atoms with E-state index in [-0.39, 0.29) is 11.8 Å². The van der Waals surface area contributed by atoms with Crippen LogP contribution < -0.4 is 4.90 Å². The van der Waals surface area contributed by atoms with Gasteiger partial charge in [-0.05, 0) is 13.0 Å². The first-order valence-electron chi connectivity index (χ1n) is 5.38. The van der Waals surface area contributed by atoms with Gasteiger partial charge in [0.2, 0.25) is 0 Å². The van der Waals surface area contributed by atoms with Crippen molar-refractivity contribution in [3.63, 3.8) is 0 Å². The predicted octanol–water partition coefficient (Wildman–Crippen LogP) is 1.96. The molecule has 1 aromatic carbocycles. The first-order valence-corrected chi connectivity index (χ1v) is 5.38. The number of rotatable bonds is 2. The second kappa shape index (κ2) is 4.67. The summed E-state index contributed by atoms with van der Waals surface area (Å²) in [5.74, 6) is -0.468. The zero-order chi connectivity index (χ0) is 12.4. The summed E-state index contributed by atoms with van der Waals surface area (Å²) in [6.07, 6.45) is -0.00776. The van der Waals surface area contributed by atoms with Gasteiger partial charge in [-0.25, -0.2) is 4.39 Å². The molecule has 0 bridgehead atoms. The zero-order valence-electron chi connectivity index (χ0n) is 9.43. The van der Waals surface area contributed by atoms with Gasteiger partial charge in [0.05, 0.1) is 17.6 Å². The normalized spacial score (nSPS) is 20.4. The fourth-order valence-electron chi connectivity index (χ4n) is 1.94. The van der Waals surface area contributed by atoms with E-state index in [9.17, 15) is 14.5 Å². The molecule has 0 amide bonds. The van der Waals surface area contributed by atoms with E-state index in [1.165, 1.54) is 12.1 Å². The molecular formula is C11H13FN2O3. The number of hydrogen-bond acceptors (Lipinski definition) is 4. The van der Waals surface area contributed by atoms with Gasteiger partial charge >= 0.3 is 0 Å². The third kappa shape index (κ3) is 2.52. The fourth-order valence-corrected chi connectivity index (χ4v) is 1.94. The number of nitro benzene ring substituents is 1. The van der Waals surface area contributed by atoms with E-state index in [0.29, 0.717) is 25.4 Å².